The van der Waals surface area contributed by atoms with Gasteiger partial charge in [0.15, 0.2) is 0 Å². The molecule has 1 aromatic heterocycles. The Kier molecular flexibility index (Phi) is 2.91. The van der Waals surface area contributed by atoms with Crippen LogP contribution in [0.2, 0.25) is 0 Å². The summed E-state index contributed by atoms with van der Waals surface area (Å²) in [5.74, 6) is 0. The number of nitrogens with one attached hydrogen (secondary N) is 1. The fraction of sp³-hybridized carbons (Fsp3) is 0.636. The lowest BCUT2D eigenvalue weighted by Gasteiger charge is -2.26. The molecule has 1 fully saturated rings. The van der Waals surface area contributed by atoms with Crippen LogP contribution in [0.15, 0.2) is 11.4 Å². The summed E-state index contributed by atoms with van der Waals surface area (Å²) >= 11 is 1.72. The van der Waals surface area contributed by atoms with Gasteiger partial charge in [-0.3, -0.25) is 0 Å². The Morgan fingerprint density at radius 3 is 3.00 bits per heavy atom. The quantitative estimate of drug-likeness (QED) is 0.745. The summed E-state index contributed by atoms with van der Waals surface area (Å²) in [6, 6.07) is 2.07. The Labute approximate surface area is 89.0 Å². The molecule has 2 rings (SSSR count). The first kappa shape index (κ1) is 10.1. The van der Waals surface area contributed by atoms with Gasteiger partial charge in [-0.1, -0.05) is 0 Å². The van der Waals surface area contributed by atoms with Gasteiger partial charge in [0.2, 0.25) is 0 Å². The van der Waals surface area contributed by atoms with Gasteiger partial charge in [-0.2, -0.15) is 0 Å². The standard InChI is InChI=1S/C11H17NOS/c1-9-10(3-8-14-9)11(13)4-2-6-12-7-5-11/h3,8,12-13H,2,4-7H2,1H3. The van der Waals surface area contributed by atoms with E-state index in [2.05, 4.69) is 23.7 Å². The summed E-state index contributed by atoms with van der Waals surface area (Å²) in [6.45, 7) is 4.05. The van der Waals surface area contributed by atoms with Gasteiger partial charge in [0.25, 0.3) is 0 Å². The molecular formula is C11H17NOS. The van der Waals surface area contributed by atoms with Gasteiger partial charge in [0.05, 0.1) is 5.60 Å². The van der Waals surface area contributed by atoms with Gasteiger partial charge in [-0.25, -0.2) is 0 Å². The molecule has 1 saturated heterocycles. The average molecular weight is 211 g/mol. The summed E-state index contributed by atoms with van der Waals surface area (Å²) in [6.07, 6.45) is 2.79. The molecule has 1 atom stereocenters. The normalized spacial score (nSPS) is 28.7. The second-order valence-corrected chi connectivity index (χ2v) is 5.15. The van der Waals surface area contributed by atoms with Crippen LogP contribution in [0, 0.1) is 6.92 Å². The van der Waals surface area contributed by atoms with Crippen molar-refractivity contribution in [2.24, 2.45) is 0 Å². The third-order valence-corrected chi connectivity index (χ3v) is 3.87. The number of aliphatic hydroxyl groups is 1. The average Bonchev–Trinajstić information content (AvgIpc) is 2.46. The molecule has 1 aromatic rings. The molecule has 78 valence electrons. The maximum atomic E-state index is 10.6. The number of hydrogen-bond donors (Lipinski definition) is 2. The molecular weight excluding hydrogens is 194 g/mol. The molecule has 1 unspecified atom stereocenters. The molecule has 0 aliphatic carbocycles. The Balaban J connectivity index is 2.25. The van der Waals surface area contributed by atoms with E-state index in [0.717, 1.165) is 37.9 Å². The van der Waals surface area contributed by atoms with Crippen LogP contribution in [0.5, 0.6) is 0 Å². The zero-order valence-electron chi connectivity index (χ0n) is 8.55. The van der Waals surface area contributed by atoms with Crippen molar-refractivity contribution in [1.29, 1.82) is 0 Å². The zero-order chi connectivity index (χ0) is 10.0. The highest BCUT2D eigenvalue weighted by Crippen LogP contribution is 2.35. The highest BCUT2D eigenvalue weighted by atomic mass is 32.1. The first-order valence-corrected chi connectivity index (χ1v) is 6.08. The van der Waals surface area contributed by atoms with Crippen molar-refractivity contribution < 1.29 is 5.11 Å². The van der Waals surface area contributed by atoms with Gasteiger partial charge in [-0.05, 0) is 56.3 Å². The van der Waals surface area contributed by atoms with Crippen molar-refractivity contribution in [1.82, 2.24) is 5.32 Å². The Hall–Kier alpha value is -0.380. The van der Waals surface area contributed by atoms with Gasteiger partial charge < -0.3 is 10.4 Å². The predicted molar refractivity (Wildman–Crippen MR) is 59.7 cm³/mol. The fourth-order valence-corrected chi connectivity index (χ4v) is 2.98. The van der Waals surface area contributed by atoms with Crippen LogP contribution < -0.4 is 5.32 Å². The maximum absolute atomic E-state index is 10.6. The van der Waals surface area contributed by atoms with Crippen LogP contribution in [0.1, 0.15) is 29.7 Å². The SMILES string of the molecule is Cc1sccc1C1(O)CCCNCC1. The van der Waals surface area contributed by atoms with Crippen molar-refractivity contribution >= 4 is 11.3 Å². The van der Waals surface area contributed by atoms with Crippen LogP contribution >= 0.6 is 11.3 Å². The van der Waals surface area contributed by atoms with Crippen molar-refractivity contribution in [3.8, 4) is 0 Å². The third kappa shape index (κ3) is 1.85. The Morgan fingerprint density at radius 1 is 1.43 bits per heavy atom. The summed E-state index contributed by atoms with van der Waals surface area (Å²) < 4.78 is 0. The molecule has 2 nitrogen and oxygen atoms in total. The lowest BCUT2D eigenvalue weighted by atomic mass is 9.87. The third-order valence-electron chi connectivity index (χ3n) is 3.02. The van der Waals surface area contributed by atoms with Gasteiger partial charge in [-0.15, -0.1) is 11.3 Å². The topological polar surface area (TPSA) is 32.3 Å². The van der Waals surface area contributed by atoms with Crippen LogP contribution in [-0.4, -0.2) is 18.2 Å². The van der Waals surface area contributed by atoms with Crippen LogP contribution in [0.3, 0.4) is 0 Å². The molecule has 1 aliphatic rings. The molecule has 2 N–H and O–H groups in total. The fourth-order valence-electron chi connectivity index (χ4n) is 2.19. The van der Waals surface area contributed by atoms with E-state index in [9.17, 15) is 5.11 Å². The van der Waals surface area contributed by atoms with E-state index in [1.807, 2.05) is 0 Å². The van der Waals surface area contributed by atoms with Crippen molar-refractivity contribution in [2.75, 3.05) is 13.1 Å². The van der Waals surface area contributed by atoms with E-state index in [4.69, 9.17) is 0 Å². The number of hydrogen-bond acceptors (Lipinski definition) is 3. The highest BCUT2D eigenvalue weighted by Gasteiger charge is 2.31. The molecule has 0 spiro atoms. The first-order valence-electron chi connectivity index (χ1n) is 5.20. The van der Waals surface area contributed by atoms with E-state index < -0.39 is 5.60 Å². The molecule has 2 heterocycles. The second-order valence-electron chi connectivity index (χ2n) is 4.03. The zero-order valence-corrected chi connectivity index (χ0v) is 9.36. The molecule has 3 heteroatoms. The largest absolute Gasteiger partial charge is 0.385 e. The van der Waals surface area contributed by atoms with E-state index in [1.165, 1.54) is 4.88 Å². The maximum Gasteiger partial charge on any atom is 0.0919 e. The van der Waals surface area contributed by atoms with Crippen LogP contribution in [-0.2, 0) is 5.60 Å². The van der Waals surface area contributed by atoms with Gasteiger partial charge in [0, 0.05) is 4.88 Å². The van der Waals surface area contributed by atoms with Crippen molar-refractivity contribution in [3.05, 3.63) is 21.9 Å². The predicted octanol–water partition coefficient (Wildman–Crippen LogP) is 2.02. The van der Waals surface area contributed by atoms with Crippen LogP contribution in [0.25, 0.3) is 0 Å². The summed E-state index contributed by atoms with van der Waals surface area (Å²) in [5, 5.41) is 16.0. The lowest BCUT2D eigenvalue weighted by molar-refractivity contribution is 0.0239. The molecule has 14 heavy (non-hydrogen) atoms. The number of aryl methyl sites for hydroxylation is 1. The lowest BCUT2D eigenvalue weighted by Crippen LogP contribution is -2.27. The van der Waals surface area contributed by atoms with Crippen LogP contribution in [0.4, 0.5) is 0 Å². The Bertz CT molecular complexity index is 300. The summed E-state index contributed by atoms with van der Waals surface area (Å²) in [4.78, 5) is 1.26. The second kappa shape index (κ2) is 4.01. The number of thiophene rings is 1. The summed E-state index contributed by atoms with van der Waals surface area (Å²) in [5.41, 5.74) is 0.569. The van der Waals surface area contributed by atoms with E-state index in [1.54, 1.807) is 11.3 Å². The smallest absolute Gasteiger partial charge is 0.0919 e. The molecule has 0 amide bonds. The minimum atomic E-state index is -0.576. The molecule has 1 aliphatic heterocycles. The van der Waals surface area contributed by atoms with E-state index in [-0.39, 0.29) is 0 Å². The minimum Gasteiger partial charge on any atom is -0.385 e. The Morgan fingerprint density at radius 2 is 2.29 bits per heavy atom. The van der Waals surface area contributed by atoms with Crippen molar-refractivity contribution in [2.45, 2.75) is 31.8 Å². The van der Waals surface area contributed by atoms with Crippen molar-refractivity contribution in [3.63, 3.8) is 0 Å². The summed E-state index contributed by atoms with van der Waals surface area (Å²) in [7, 11) is 0. The molecule has 0 radical (unpaired) electrons. The molecule has 0 saturated carbocycles. The van der Waals surface area contributed by atoms with E-state index >= 15 is 0 Å². The number of rotatable bonds is 1. The monoisotopic (exact) mass is 211 g/mol. The minimum absolute atomic E-state index is 0.576. The highest BCUT2D eigenvalue weighted by molar-refractivity contribution is 7.10. The first-order chi connectivity index (χ1) is 6.72. The van der Waals surface area contributed by atoms with Gasteiger partial charge in [0.1, 0.15) is 0 Å². The van der Waals surface area contributed by atoms with Gasteiger partial charge >= 0.3 is 0 Å². The molecule has 0 aromatic carbocycles. The molecule has 0 bridgehead atoms. The van der Waals surface area contributed by atoms with E-state index in [0.29, 0.717) is 0 Å².